The van der Waals surface area contributed by atoms with Crippen LogP contribution in [0.25, 0.3) is 0 Å². The molecule has 0 aliphatic rings. The number of carbonyl (C=O) groups excluding carboxylic acids is 2. The summed E-state index contributed by atoms with van der Waals surface area (Å²) < 4.78 is 22.3. The van der Waals surface area contributed by atoms with E-state index in [1.54, 1.807) is 0 Å². The summed E-state index contributed by atoms with van der Waals surface area (Å²) >= 11 is 0. The number of aliphatic hydroxyl groups is 2. The lowest BCUT2D eigenvalue weighted by Crippen LogP contribution is -2.60. The summed E-state index contributed by atoms with van der Waals surface area (Å²) in [5, 5.41) is 29.1. The van der Waals surface area contributed by atoms with Gasteiger partial charge in [0, 0.05) is 23.8 Å². The van der Waals surface area contributed by atoms with Crippen LogP contribution in [0.5, 0.6) is 0 Å². The van der Waals surface area contributed by atoms with Gasteiger partial charge in [0.2, 0.25) is 0 Å². The van der Waals surface area contributed by atoms with Gasteiger partial charge >= 0.3 is 0 Å². The van der Waals surface area contributed by atoms with E-state index in [1.165, 1.54) is 43.6 Å². The maximum absolute atomic E-state index is 12.5. The average molecular weight is 436 g/mol. The Labute approximate surface area is 175 Å². The van der Waals surface area contributed by atoms with Gasteiger partial charge in [0.25, 0.3) is 11.8 Å². The number of carbonyl (C=O) groups is 2. The Balaban J connectivity index is 2.95. The zero-order valence-electron chi connectivity index (χ0n) is 16.8. The molecule has 9 nitrogen and oxygen atoms in total. The second-order valence-corrected chi connectivity index (χ2v) is 9.52. The summed E-state index contributed by atoms with van der Waals surface area (Å²) in [7, 11) is -3.76. The van der Waals surface area contributed by atoms with Crippen molar-refractivity contribution in [2.75, 3.05) is 12.9 Å². The van der Waals surface area contributed by atoms with E-state index in [2.05, 4.69) is 29.0 Å². The van der Waals surface area contributed by atoms with Gasteiger partial charge in [-0.25, -0.2) is 13.9 Å². The Hall–Kier alpha value is -2.89. The second kappa shape index (κ2) is 10.8. The number of hydrogen-bond acceptors (Lipinski definition) is 7. The van der Waals surface area contributed by atoms with E-state index < -0.39 is 38.5 Å². The highest BCUT2D eigenvalue weighted by Crippen LogP contribution is 2.21. The molecule has 162 valence electrons. The molecule has 0 radical (unpaired) electrons. The van der Waals surface area contributed by atoms with Crippen molar-refractivity contribution in [3.8, 4) is 23.7 Å². The molecule has 0 fully saturated rings. The van der Waals surface area contributed by atoms with Gasteiger partial charge in [-0.1, -0.05) is 11.8 Å². The number of nitrogens with one attached hydrogen (secondary N) is 2. The van der Waals surface area contributed by atoms with Gasteiger partial charge < -0.3 is 15.5 Å². The van der Waals surface area contributed by atoms with Crippen molar-refractivity contribution in [1.29, 1.82) is 0 Å². The normalized spacial score (nSPS) is 13.0. The van der Waals surface area contributed by atoms with Crippen LogP contribution in [0, 0.1) is 23.7 Å². The molecule has 0 aliphatic carbocycles. The number of sulfone groups is 1. The third-order valence-electron chi connectivity index (χ3n) is 4.35. The zero-order valence-corrected chi connectivity index (χ0v) is 17.6. The Morgan fingerprint density at radius 1 is 1.17 bits per heavy atom. The van der Waals surface area contributed by atoms with Crippen molar-refractivity contribution >= 4 is 21.7 Å². The molecule has 0 saturated heterocycles. The minimum absolute atomic E-state index is 0.0939. The molecule has 0 spiro atoms. The molecular weight excluding hydrogens is 412 g/mol. The minimum atomic E-state index is -3.76. The lowest BCUT2D eigenvalue weighted by molar-refractivity contribution is -0.131. The first-order valence-electron chi connectivity index (χ1n) is 8.76. The van der Waals surface area contributed by atoms with Crippen molar-refractivity contribution in [3.63, 3.8) is 0 Å². The number of aliphatic hydroxyl groups excluding tert-OH is 2. The quantitative estimate of drug-likeness (QED) is 0.213. The molecule has 30 heavy (non-hydrogen) atoms. The lowest BCUT2D eigenvalue weighted by Gasteiger charge is -2.31. The highest BCUT2D eigenvalue weighted by molar-refractivity contribution is 7.92. The topological polar surface area (TPSA) is 153 Å². The van der Waals surface area contributed by atoms with Gasteiger partial charge in [-0.2, -0.15) is 0 Å². The molecule has 1 unspecified atom stereocenters. The minimum Gasteiger partial charge on any atom is -0.394 e. The monoisotopic (exact) mass is 436 g/mol. The van der Waals surface area contributed by atoms with Crippen LogP contribution in [0.3, 0.4) is 0 Å². The van der Waals surface area contributed by atoms with E-state index in [1.807, 2.05) is 0 Å². The van der Waals surface area contributed by atoms with Crippen LogP contribution in [-0.4, -0.2) is 65.4 Å². The molecule has 1 aromatic carbocycles. The van der Waals surface area contributed by atoms with Crippen LogP contribution < -0.4 is 10.8 Å². The number of amides is 2. The molecule has 1 aromatic rings. The molecule has 0 aromatic heterocycles. The lowest BCUT2D eigenvalue weighted by atomic mass is 10.0. The fraction of sp³-hybridized carbons (Fsp3) is 0.400. The summed E-state index contributed by atoms with van der Waals surface area (Å²) in [6, 6.07) is 4.41. The largest absolute Gasteiger partial charge is 0.394 e. The van der Waals surface area contributed by atoms with Crippen LogP contribution in [0.15, 0.2) is 24.3 Å². The summed E-state index contributed by atoms with van der Waals surface area (Å²) in [6.45, 7) is 2.15. The van der Waals surface area contributed by atoms with Gasteiger partial charge in [-0.05, 0) is 50.0 Å². The first kappa shape index (κ1) is 25.1. The maximum atomic E-state index is 12.5. The van der Waals surface area contributed by atoms with Crippen molar-refractivity contribution < 1.29 is 33.4 Å². The predicted octanol–water partition coefficient (Wildman–Crippen LogP) is -0.788. The van der Waals surface area contributed by atoms with Crippen LogP contribution in [0.1, 0.15) is 36.2 Å². The summed E-state index contributed by atoms with van der Waals surface area (Å²) in [4.78, 5) is 24.4. The fourth-order valence-corrected chi connectivity index (χ4v) is 2.73. The van der Waals surface area contributed by atoms with E-state index in [4.69, 9.17) is 15.4 Å². The molecule has 2 atom stereocenters. The first-order chi connectivity index (χ1) is 13.9. The van der Waals surface area contributed by atoms with Gasteiger partial charge in [-0.15, -0.1) is 0 Å². The van der Waals surface area contributed by atoms with E-state index in [0.29, 0.717) is 5.56 Å². The van der Waals surface area contributed by atoms with E-state index in [9.17, 15) is 18.0 Å². The maximum Gasteiger partial charge on any atom is 0.267 e. The molecule has 0 aliphatic heterocycles. The number of benzene rings is 1. The third-order valence-corrected chi connectivity index (χ3v) is 6.50. The van der Waals surface area contributed by atoms with Crippen molar-refractivity contribution in [1.82, 2.24) is 10.8 Å². The fourth-order valence-electron chi connectivity index (χ4n) is 2.13. The summed E-state index contributed by atoms with van der Waals surface area (Å²) in [5.74, 6) is 8.65. The Bertz CT molecular complexity index is 994. The third kappa shape index (κ3) is 6.87. The van der Waals surface area contributed by atoms with Crippen LogP contribution in [0.2, 0.25) is 0 Å². The number of rotatable bonds is 7. The average Bonchev–Trinajstić information content (AvgIpc) is 2.70. The summed E-state index contributed by atoms with van der Waals surface area (Å²) in [6.07, 6.45) is 0.107. The molecule has 0 bridgehead atoms. The number of hydrogen-bond donors (Lipinski definition) is 5. The zero-order chi connectivity index (χ0) is 22.9. The smallest absolute Gasteiger partial charge is 0.267 e. The molecular formula is C20H24N2O7S. The van der Waals surface area contributed by atoms with Gasteiger partial charge in [-0.3, -0.25) is 14.8 Å². The molecule has 0 heterocycles. The van der Waals surface area contributed by atoms with Crippen molar-refractivity contribution in [3.05, 3.63) is 35.4 Å². The Kier molecular flexibility index (Phi) is 9.02. The van der Waals surface area contributed by atoms with E-state index in [-0.39, 0.29) is 18.6 Å². The van der Waals surface area contributed by atoms with Gasteiger partial charge in [0.05, 0.1) is 17.5 Å². The van der Waals surface area contributed by atoms with Crippen LogP contribution >= 0.6 is 0 Å². The van der Waals surface area contributed by atoms with Gasteiger partial charge in [0.1, 0.15) is 6.04 Å². The van der Waals surface area contributed by atoms with Gasteiger partial charge in [0.15, 0.2) is 9.84 Å². The molecule has 10 heteroatoms. The second-order valence-electron chi connectivity index (χ2n) is 6.93. The van der Waals surface area contributed by atoms with Crippen LogP contribution in [0.4, 0.5) is 0 Å². The molecule has 5 N–H and O–H groups in total. The predicted molar refractivity (Wildman–Crippen MR) is 109 cm³/mol. The molecule has 1 rings (SSSR count). The SMILES string of the molecule is CC(C)([C@H](NC(=O)c1ccc(C#CC#CCC(O)CO)cc1)C(=O)NO)S(C)(=O)=O. The number of hydroxylamine groups is 1. The first-order valence-corrected chi connectivity index (χ1v) is 10.7. The summed E-state index contributed by atoms with van der Waals surface area (Å²) in [5.41, 5.74) is 2.07. The van der Waals surface area contributed by atoms with Crippen LogP contribution in [-0.2, 0) is 14.6 Å². The molecule has 2 amide bonds. The standard InChI is InChI=1S/C20H24N2O7S/c1-20(2,30(3,28)29)17(19(26)22-27)21-18(25)15-11-9-14(10-12-15)7-5-4-6-8-16(24)13-23/h9-12,16-17,23-24,27H,8,13H2,1-3H3,(H,21,25)(H,22,26)/t16?,17-/m1/s1. The van der Waals surface area contributed by atoms with Crippen molar-refractivity contribution in [2.24, 2.45) is 0 Å². The Morgan fingerprint density at radius 2 is 1.77 bits per heavy atom. The highest BCUT2D eigenvalue weighted by atomic mass is 32.2. The Morgan fingerprint density at radius 3 is 2.27 bits per heavy atom. The van der Waals surface area contributed by atoms with E-state index in [0.717, 1.165) is 6.26 Å². The molecule has 0 saturated carbocycles. The highest BCUT2D eigenvalue weighted by Gasteiger charge is 2.44. The van der Waals surface area contributed by atoms with Crippen molar-refractivity contribution in [2.45, 2.75) is 37.2 Å². The van der Waals surface area contributed by atoms with E-state index >= 15 is 0 Å².